The van der Waals surface area contributed by atoms with Gasteiger partial charge in [0.25, 0.3) is 5.91 Å². The number of aromatic nitrogens is 2. The highest BCUT2D eigenvalue weighted by molar-refractivity contribution is 5.95. The SMILES string of the molecule is COCCCn1c([C@@H]2CCCN(C(=O)C[C@H](C)Cc3ccc(-c4ccc(C(=O)NCCOC)c(F)c4)cc3)C2)nc2ccccc21. The number of benzene rings is 3. The molecule has 244 valence electrons. The van der Waals surface area contributed by atoms with E-state index in [0.29, 0.717) is 38.3 Å². The molecule has 9 heteroatoms. The minimum atomic E-state index is -0.563. The van der Waals surface area contributed by atoms with Crippen molar-refractivity contribution < 1.29 is 23.5 Å². The van der Waals surface area contributed by atoms with Crippen molar-refractivity contribution in [3.63, 3.8) is 0 Å². The lowest BCUT2D eigenvalue weighted by molar-refractivity contribution is -0.133. The number of rotatable bonds is 14. The van der Waals surface area contributed by atoms with Crippen molar-refractivity contribution in [1.29, 1.82) is 0 Å². The molecule has 3 aromatic carbocycles. The fourth-order valence-electron chi connectivity index (χ4n) is 6.40. The number of methoxy groups -OCH3 is 2. The van der Waals surface area contributed by atoms with Crippen LogP contribution in [0.4, 0.5) is 4.39 Å². The monoisotopic (exact) mass is 628 g/mol. The predicted octanol–water partition coefficient (Wildman–Crippen LogP) is 6.23. The van der Waals surface area contributed by atoms with Gasteiger partial charge in [0.15, 0.2) is 0 Å². The van der Waals surface area contributed by atoms with Crippen LogP contribution < -0.4 is 5.32 Å². The first-order chi connectivity index (χ1) is 22.4. The number of imidazole rings is 1. The van der Waals surface area contributed by atoms with Crippen LogP contribution in [0.1, 0.15) is 60.3 Å². The number of amides is 2. The molecule has 0 saturated carbocycles. The van der Waals surface area contributed by atoms with Gasteiger partial charge in [-0.2, -0.15) is 0 Å². The maximum absolute atomic E-state index is 14.7. The Kier molecular flexibility index (Phi) is 11.5. The number of hydrogen-bond acceptors (Lipinski definition) is 5. The number of ether oxygens (including phenoxy) is 2. The zero-order chi connectivity index (χ0) is 32.5. The minimum absolute atomic E-state index is 0.00992. The van der Waals surface area contributed by atoms with Crippen molar-refractivity contribution in [3.05, 3.63) is 89.5 Å². The summed E-state index contributed by atoms with van der Waals surface area (Å²) in [6.45, 7) is 5.82. The number of nitrogens with zero attached hydrogens (tertiary/aromatic N) is 3. The Morgan fingerprint density at radius 2 is 1.78 bits per heavy atom. The summed E-state index contributed by atoms with van der Waals surface area (Å²) in [5, 5.41) is 2.65. The van der Waals surface area contributed by atoms with E-state index in [1.165, 1.54) is 12.1 Å². The highest BCUT2D eigenvalue weighted by Gasteiger charge is 2.29. The van der Waals surface area contributed by atoms with Crippen molar-refractivity contribution in [2.24, 2.45) is 5.92 Å². The maximum atomic E-state index is 14.7. The topological polar surface area (TPSA) is 85.7 Å². The Labute approximate surface area is 270 Å². The van der Waals surface area contributed by atoms with Crippen LogP contribution in [-0.4, -0.2) is 73.3 Å². The van der Waals surface area contributed by atoms with Crippen molar-refractivity contribution in [1.82, 2.24) is 19.8 Å². The molecule has 8 nitrogen and oxygen atoms in total. The Morgan fingerprint density at radius 1 is 1.02 bits per heavy atom. The second kappa shape index (κ2) is 16.0. The molecule has 0 spiro atoms. The van der Waals surface area contributed by atoms with E-state index in [1.807, 2.05) is 35.2 Å². The lowest BCUT2D eigenvalue weighted by Crippen LogP contribution is -2.40. The van der Waals surface area contributed by atoms with Crippen LogP contribution in [0.3, 0.4) is 0 Å². The van der Waals surface area contributed by atoms with E-state index < -0.39 is 11.7 Å². The highest BCUT2D eigenvalue weighted by atomic mass is 19.1. The molecule has 4 aromatic rings. The lowest BCUT2D eigenvalue weighted by Gasteiger charge is -2.33. The van der Waals surface area contributed by atoms with Gasteiger partial charge in [-0.3, -0.25) is 9.59 Å². The first kappa shape index (κ1) is 33.3. The zero-order valence-electron chi connectivity index (χ0n) is 27.1. The van der Waals surface area contributed by atoms with E-state index in [9.17, 15) is 14.0 Å². The maximum Gasteiger partial charge on any atom is 0.254 e. The molecule has 1 aliphatic heterocycles. The molecule has 1 saturated heterocycles. The van der Waals surface area contributed by atoms with Gasteiger partial charge in [-0.25, -0.2) is 9.37 Å². The molecule has 1 fully saturated rings. The number of carbonyl (C=O) groups excluding carboxylic acids is 2. The fourth-order valence-corrected chi connectivity index (χ4v) is 6.40. The number of halogens is 1. The average Bonchev–Trinajstić information content (AvgIpc) is 3.44. The largest absolute Gasteiger partial charge is 0.385 e. The van der Waals surface area contributed by atoms with E-state index in [4.69, 9.17) is 14.5 Å². The van der Waals surface area contributed by atoms with E-state index in [0.717, 1.165) is 66.8 Å². The van der Waals surface area contributed by atoms with Crippen molar-refractivity contribution in [2.45, 2.75) is 51.5 Å². The van der Waals surface area contributed by atoms with Gasteiger partial charge in [-0.05, 0) is 72.6 Å². The summed E-state index contributed by atoms with van der Waals surface area (Å²) in [5.41, 5.74) is 4.84. The molecular formula is C37H45FN4O4. The number of para-hydroxylation sites is 2. The molecule has 1 N–H and O–H groups in total. The summed E-state index contributed by atoms with van der Waals surface area (Å²) in [5.74, 6) is 0.621. The number of likely N-dealkylation sites (tertiary alicyclic amines) is 1. The van der Waals surface area contributed by atoms with Crippen LogP contribution in [-0.2, 0) is 27.2 Å². The number of hydrogen-bond donors (Lipinski definition) is 1. The smallest absolute Gasteiger partial charge is 0.254 e. The van der Waals surface area contributed by atoms with Crippen molar-refractivity contribution in [3.8, 4) is 11.1 Å². The summed E-state index contributed by atoms with van der Waals surface area (Å²) in [4.78, 5) is 32.8. The fraction of sp³-hybridized carbons (Fsp3) is 0.432. The second-order valence-corrected chi connectivity index (χ2v) is 12.3. The van der Waals surface area contributed by atoms with E-state index in [1.54, 1.807) is 20.3 Å². The highest BCUT2D eigenvalue weighted by Crippen LogP contribution is 2.31. The number of piperidine rings is 1. The van der Waals surface area contributed by atoms with E-state index in [-0.39, 0.29) is 23.3 Å². The quantitative estimate of drug-likeness (QED) is 0.167. The molecule has 1 aliphatic rings. The summed E-state index contributed by atoms with van der Waals surface area (Å²) >= 11 is 0. The lowest BCUT2D eigenvalue weighted by atomic mass is 9.93. The van der Waals surface area contributed by atoms with E-state index >= 15 is 0 Å². The molecule has 2 heterocycles. The summed E-state index contributed by atoms with van der Waals surface area (Å²) in [7, 11) is 3.27. The molecule has 1 aromatic heterocycles. The first-order valence-corrected chi connectivity index (χ1v) is 16.3. The Morgan fingerprint density at radius 3 is 2.54 bits per heavy atom. The van der Waals surface area contributed by atoms with Gasteiger partial charge < -0.3 is 24.3 Å². The Bertz CT molecular complexity index is 1620. The molecule has 46 heavy (non-hydrogen) atoms. The zero-order valence-corrected chi connectivity index (χ0v) is 27.1. The number of carbonyl (C=O) groups is 2. The van der Waals surface area contributed by atoms with Gasteiger partial charge in [-0.15, -0.1) is 0 Å². The van der Waals surface area contributed by atoms with Crippen molar-refractivity contribution in [2.75, 3.05) is 47.1 Å². The standard InChI is InChI=1S/C37H45FN4O4/c1-26(22-27-11-13-28(14-12-27)29-15-16-31(32(38)24-29)37(44)39-17-21-46-3)23-35(43)41-18-6-8-30(25-41)36-40-33-9-4-5-10-34(33)42(36)19-7-20-45-2/h4-5,9-16,24,26,30H,6-8,17-23,25H2,1-3H3,(H,39,44)/t26-,30-/m1/s1. The average molecular weight is 629 g/mol. The molecule has 2 atom stereocenters. The van der Waals surface area contributed by atoms with Crippen LogP contribution >= 0.6 is 0 Å². The third-order valence-electron chi connectivity index (χ3n) is 8.75. The predicted molar refractivity (Wildman–Crippen MR) is 178 cm³/mol. The summed E-state index contributed by atoms with van der Waals surface area (Å²) < 4.78 is 27.3. The number of aryl methyl sites for hydroxylation is 1. The van der Waals surface area contributed by atoms with Crippen LogP contribution in [0.15, 0.2) is 66.7 Å². The first-order valence-electron chi connectivity index (χ1n) is 16.3. The summed E-state index contributed by atoms with van der Waals surface area (Å²) in [6.07, 6.45) is 4.15. The van der Waals surface area contributed by atoms with Crippen LogP contribution in [0, 0.1) is 11.7 Å². The van der Waals surface area contributed by atoms with Crippen LogP contribution in [0.25, 0.3) is 22.2 Å². The minimum Gasteiger partial charge on any atom is -0.385 e. The molecule has 2 amide bonds. The van der Waals surface area contributed by atoms with E-state index in [2.05, 4.69) is 35.0 Å². The molecular weight excluding hydrogens is 583 g/mol. The second-order valence-electron chi connectivity index (χ2n) is 12.3. The number of nitrogens with one attached hydrogen (secondary N) is 1. The van der Waals surface area contributed by atoms with Gasteiger partial charge in [0.05, 0.1) is 23.2 Å². The van der Waals surface area contributed by atoms with Crippen molar-refractivity contribution >= 4 is 22.8 Å². The molecule has 0 unspecified atom stereocenters. The molecule has 5 rings (SSSR count). The molecule has 0 bridgehead atoms. The Hall–Kier alpha value is -4.08. The van der Waals surface area contributed by atoms with Crippen LogP contribution in [0.5, 0.6) is 0 Å². The van der Waals surface area contributed by atoms with Gasteiger partial charge in [0.1, 0.15) is 11.6 Å². The third kappa shape index (κ3) is 8.19. The molecule has 0 aliphatic carbocycles. The Balaban J connectivity index is 1.17. The third-order valence-corrected chi connectivity index (χ3v) is 8.75. The van der Waals surface area contributed by atoms with Gasteiger partial charge >= 0.3 is 0 Å². The number of fused-ring (bicyclic) bond motifs is 1. The molecule has 0 radical (unpaired) electrons. The summed E-state index contributed by atoms with van der Waals surface area (Å²) in [6, 6.07) is 20.9. The van der Waals surface area contributed by atoms with Gasteiger partial charge in [-0.1, -0.05) is 49.4 Å². The van der Waals surface area contributed by atoms with Gasteiger partial charge in [0.2, 0.25) is 5.91 Å². The van der Waals surface area contributed by atoms with Gasteiger partial charge in [0, 0.05) is 59.3 Å². The van der Waals surface area contributed by atoms with Crippen LogP contribution in [0.2, 0.25) is 0 Å². The normalized spacial score (nSPS) is 15.7.